The Kier molecular flexibility index (Phi) is 40.4. The number of aliphatic carboxylic acids is 2. The number of likely N-dealkylation sites (tertiary alicyclic amines) is 1. The third-order valence-corrected chi connectivity index (χ3v) is 17.8. The zero-order valence-corrected chi connectivity index (χ0v) is 65.4. The van der Waals surface area contributed by atoms with E-state index in [4.69, 9.17) is 17.2 Å². The average Bonchev–Trinajstić information content (AvgIpc) is 1.70. The maximum atomic E-state index is 14.3. The second-order valence-electron chi connectivity index (χ2n) is 28.8. The van der Waals surface area contributed by atoms with Crippen molar-refractivity contribution in [3.05, 3.63) is 48.0 Å². The lowest BCUT2D eigenvalue weighted by molar-refractivity contribution is -0.146. The summed E-state index contributed by atoms with van der Waals surface area (Å²) in [5, 5.41) is 121. The van der Waals surface area contributed by atoms with Crippen LogP contribution >= 0.6 is 0 Å². The number of nitrogens with one attached hydrogen (secondary N) is 14. The van der Waals surface area contributed by atoms with Gasteiger partial charge in [0.1, 0.15) is 84.3 Å². The van der Waals surface area contributed by atoms with Crippen LogP contribution in [0.5, 0.6) is 5.75 Å². The van der Waals surface area contributed by atoms with Gasteiger partial charge in [-0.3, -0.25) is 76.9 Å². The fraction of sp³-hybridized carbons (Fsp3) is 0.629. The molecule has 3 rings (SSSR count). The number of aliphatic hydroxyl groups excluding tert-OH is 6. The minimum atomic E-state index is -2.07. The Balaban J connectivity index is 1.80. The third kappa shape index (κ3) is 32.6. The van der Waals surface area contributed by atoms with Crippen LogP contribution < -0.4 is 86.3 Å². The Hall–Kier alpha value is -11.3. The molecule has 29 N–H and O–H groups in total. The molecule has 14 amide bonds. The van der Waals surface area contributed by atoms with Crippen LogP contribution in [0, 0.1) is 11.8 Å². The summed E-state index contributed by atoms with van der Waals surface area (Å²) in [6.07, 6.45) is -6.10. The zero-order chi connectivity index (χ0) is 87.0. The molecule has 45 nitrogen and oxygen atoms in total. The van der Waals surface area contributed by atoms with Crippen molar-refractivity contribution in [2.75, 3.05) is 26.3 Å². The van der Waals surface area contributed by atoms with Crippen molar-refractivity contribution in [1.82, 2.24) is 84.0 Å². The standard InChI is InChI=1S/C70H112N20O25/c1-30(2)21-43(59(104)77-32(5)55(100)80-45(24-39-26-74-29-76-39)60(105)82-44(22-31(3)4)62(107)87-52(35(8)94)66(111)88-53(36(9)95)67(112)89-54(37(10)96)69(114)115)81-61(106)46(25-50(98)99)83-63(108)47(27-91)84-58(103)42(13-11-19-75-70(72)73)79-64(109)49-14-12-20-90(49)68(113)48(28-92)85-56(101)33(6)78-65(110)51(34(7)93)86-57(102)41(71)23-38-15-17-40(97)18-16-38/h15-18,26,29-37,41-49,51-54,91-97H,11-14,19-25,27-28,71H2,1-10H3,(H,74,76)(H,77,104)(H,78,110)(H,79,109)(H,80,100)(H,81,106)(H,82,105)(H,83,108)(H,84,103)(H,85,101)(H,86,102)(H,87,107)(H,88,111)(H,89,112)(H,98,99)(H,114,115)(H4,72,73,75)/t32-,33-,34+,35+,36+,37+,41-,42-,43-,44-,45-,46-,47-,48-,49-,51-,52-,53-,54-/m0/s1. The van der Waals surface area contributed by atoms with Gasteiger partial charge in [-0.2, -0.15) is 0 Å². The fourth-order valence-electron chi connectivity index (χ4n) is 11.6. The number of imidazole rings is 1. The predicted octanol–water partition coefficient (Wildman–Crippen LogP) is -10.2. The highest BCUT2D eigenvalue weighted by Gasteiger charge is 2.43. The van der Waals surface area contributed by atoms with Crippen LogP contribution in [0.2, 0.25) is 0 Å². The summed E-state index contributed by atoms with van der Waals surface area (Å²) in [5.41, 5.74) is 17.8. The van der Waals surface area contributed by atoms with Crippen molar-refractivity contribution >= 4 is 101 Å². The van der Waals surface area contributed by atoms with Gasteiger partial charge in [0.15, 0.2) is 12.0 Å². The number of rotatable bonds is 48. The predicted molar refractivity (Wildman–Crippen MR) is 403 cm³/mol. The quantitative estimate of drug-likeness (QED) is 0.0166. The Labute approximate surface area is 661 Å². The molecule has 1 saturated heterocycles. The molecule has 2 heterocycles. The first-order chi connectivity index (χ1) is 53.8. The molecule has 0 spiro atoms. The van der Waals surface area contributed by atoms with Crippen molar-refractivity contribution in [1.29, 1.82) is 0 Å². The number of amides is 14. The summed E-state index contributed by atoms with van der Waals surface area (Å²) in [6.45, 7) is 10.8. The van der Waals surface area contributed by atoms with Crippen LogP contribution in [0.25, 0.3) is 0 Å². The average molecular weight is 1630 g/mol. The molecule has 115 heavy (non-hydrogen) atoms. The number of carbonyl (C=O) groups is 16. The molecule has 45 heteroatoms. The maximum absolute atomic E-state index is 14.3. The number of phenolic OH excluding ortho intramolecular Hbond substituents is 1. The topological polar surface area (TPSA) is 734 Å². The molecular weight excluding hydrogens is 1520 g/mol. The first kappa shape index (κ1) is 97.9. The highest BCUT2D eigenvalue weighted by molar-refractivity contribution is 6.01. The van der Waals surface area contributed by atoms with Crippen molar-refractivity contribution in [3.8, 4) is 5.75 Å². The molecule has 1 fully saturated rings. The van der Waals surface area contributed by atoms with E-state index >= 15 is 0 Å². The minimum absolute atomic E-state index is 0.0235. The summed E-state index contributed by atoms with van der Waals surface area (Å²) >= 11 is 0. The molecule has 19 atom stereocenters. The number of aromatic hydroxyl groups is 1. The van der Waals surface area contributed by atoms with Gasteiger partial charge in [-0.1, -0.05) is 39.8 Å². The van der Waals surface area contributed by atoms with E-state index in [0.29, 0.717) is 5.56 Å². The number of nitrogens with two attached hydrogens (primary N) is 3. The van der Waals surface area contributed by atoms with E-state index in [0.717, 1.165) is 25.7 Å². The van der Waals surface area contributed by atoms with Gasteiger partial charge >= 0.3 is 11.9 Å². The number of phenols is 1. The summed E-state index contributed by atoms with van der Waals surface area (Å²) in [5.74, 6) is -19.9. The molecule has 0 unspecified atom stereocenters. The number of carboxylic acids is 2. The largest absolute Gasteiger partial charge is 0.508 e. The van der Waals surface area contributed by atoms with Gasteiger partial charge in [-0.25, -0.2) is 9.78 Å². The number of carboxylic acid groups (broad SMARTS) is 2. The highest BCUT2D eigenvalue weighted by Crippen LogP contribution is 2.21. The molecule has 1 aromatic carbocycles. The second kappa shape index (κ2) is 47.4. The number of hydrogen-bond acceptors (Lipinski definition) is 26. The zero-order valence-electron chi connectivity index (χ0n) is 65.4. The SMILES string of the molecule is CC(C)C[C@H](NC(=O)[C@H](CC(=O)O)NC(=O)[C@H](CO)NC(=O)[C@H](CCCN=C(N)N)NC(=O)[C@@H]1CCCN1C(=O)[C@H](CO)NC(=O)[C@H](C)NC(=O)[C@@H](NC(=O)[C@@H](N)Cc1ccc(O)cc1)[C@@H](C)O)C(=O)N[C@@H](C)C(=O)N[C@@H](Cc1cnc[nH]1)C(=O)N[C@@H](CC(C)C)C(=O)N[C@H](C(=O)N[C@H](C(=O)N[C@H](C(=O)O)[C@@H](C)O)[C@@H](C)O)[C@@H](C)O. The van der Waals surface area contributed by atoms with Crippen molar-refractivity contribution < 1.29 is 123 Å². The maximum Gasteiger partial charge on any atom is 0.328 e. The Morgan fingerprint density at radius 2 is 0.922 bits per heavy atom. The van der Waals surface area contributed by atoms with Gasteiger partial charge in [0, 0.05) is 31.4 Å². The van der Waals surface area contributed by atoms with Gasteiger partial charge in [0.2, 0.25) is 82.7 Å². The van der Waals surface area contributed by atoms with E-state index in [9.17, 15) is 123 Å². The molecule has 1 aliphatic heterocycles. The molecule has 0 bridgehead atoms. The molecule has 0 saturated carbocycles. The van der Waals surface area contributed by atoms with E-state index in [1.54, 1.807) is 27.7 Å². The highest BCUT2D eigenvalue weighted by atomic mass is 16.4. The molecule has 1 aliphatic rings. The van der Waals surface area contributed by atoms with Crippen LogP contribution in [0.4, 0.5) is 0 Å². The Morgan fingerprint density at radius 1 is 0.504 bits per heavy atom. The molecule has 0 aliphatic carbocycles. The summed E-state index contributed by atoms with van der Waals surface area (Å²) in [7, 11) is 0. The number of aliphatic hydroxyl groups is 6. The van der Waals surface area contributed by atoms with Gasteiger partial charge in [0.05, 0.1) is 56.4 Å². The number of aromatic amines is 1. The second-order valence-corrected chi connectivity index (χ2v) is 28.8. The summed E-state index contributed by atoms with van der Waals surface area (Å²) in [6, 6.07) is -19.3. The molecule has 0 radical (unpaired) electrons. The molecule has 2 aromatic rings. The van der Waals surface area contributed by atoms with E-state index in [1.807, 2.05) is 5.32 Å². The van der Waals surface area contributed by atoms with Gasteiger partial charge in [0.25, 0.3) is 0 Å². The van der Waals surface area contributed by atoms with E-state index in [-0.39, 0.29) is 87.8 Å². The van der Waals surface area contributed by atoms with Crippen molar-refractivity contribution in [2.24, 2.45) is 34.0 Å². The monoisotopic (exact) mass is 1630 g/mol. The van der Waals surface area contributed by atoms with E-state index in [1.165, 1.54) is 57.6 Å². The molecular formula is C70H112N20O25. The van der Waals surface area contributed by atoms with Crippen molar-refractivity contribution in [2.45, 2.75) is 242 Å². The van der Waals surface area contributed by atoms with Crippen LogP contribution in [-0.4, -0.2) is 303 Å². The van der Waals surface area contributed by atoms with Crippen LogP contribution in [0.15, 0.2) is 41.8 Å². The normalized spacial score (nSPS) is 17.3. The van der Waals surface area contributed by atoms with E-state index in [2.05, 4.69) is 78.8 Å². The smallest absolute Gasteiger partial charge is 0.328 e. The fourth-order valence-corrected chi connectivity index (χ4v) is 11.6. The molecule has 1 aromatic heterocycles. The lowest BCUT2D eigenvalue weighted by atomic mass is 10.0. The first-order valence-electron chi connectivity index (χ1n) is 37.0. The number of H-pyrrole nitrogens is 1. The number of aliphatic imine (C=N–C) groups is 1. The Morgan fingerprint density at radius 3 is 1.39 bits per heavy atom. The van der Waals surface area contributed by atoms with Crippen LogP contribution in [0.3, 0.4) is 0 Å². The minimum Gasteiger partial charge on any atom is -0.508 e. The summed E-state index contributed by atoms with van der Waals surface area (Å²) in [4.78, 5) is 229. The number of nitrogens with zero attached hydrogens (tertiary/aromatic N) is 3. The van der Waals surface area contributed by atoms with Gasteiger partial charge < -0.3 is 142 Å². The lowest BCUT2D eigenvalue weighted by Crippen LogP contribution is -2.63. The lowest BCUT2D eigenvalue weighted by Gasteiger charge is -2.30. The Bertz CT molecular complexity index is 3690. The number of hydrogen-bond donors (Lipinski definition) is 26. The van der Waals surface area contributed by atoms with Gasteiger partial charge in [-0.05, 0) is 116 Å². The number of carbonyl (C=O) groups excluding carboxylic acids is 14. The number of guanidine groups is 1. The number of aromatic nitrogens is 2. The third-order valence-electron chi connectivity index (χ3n) is 17.8. The van der Waals surface area contributed by atoms with Gasteiger partial charge in [-0.15, -0.1) is 0 Å². The number of benzene rings is 1. The van der Waals surface area contributed by atoms with Crippen LogP contribution in [-0.2, 0) is 89.6 Å². The van der Waals surface area contributed by atoms with Crippen LogP contribution in [0.1, 0.15) is 125 Å². The summed E-state index contributed by atoms with van der Waals surface area (Å²) < 4.78 is 0. The molecule has 642 valence electrons. The first-order valence-corrected chi connectivity index (χ1v) is 37.0. The van der Waals surface area contributed by atoms with Crippen molar-refractivity contribution in [3.63, 3.8) is 0 Å². The van der Waals surface area contributed by atoms with E-state index < -0.39 is 235 Å².